The lowest BCUT2D eigenvalue weighted by Gasteiger charge is -2.07. The standard InChI is InChI=1S/C14H13N5O2S/c20-22(21,9-13-16-17-18-19(13)11-5-6-11)14-12-4-2-1-3-10(12)7-8-15-14/h1-4,7-8,11H,5-6,9H2. The van der Waals surface area contributed by atoms with Crippen LogP contribution in [0.5, 0.6) is 0 Å². The van der Waals surface area contributed by atoms with Crippen molar-refractivity contribution in [3.05, 3.63) is 42.4 Å². The zero-order valence-electron chi connectivity index (χ0n) is 11.6. The Morgan fingerprint density at radius 2 is 2.00 bits per heavy atom. The van der Waals surface area contributed by atoms with Crippen molar-refractivity contribution in [2.75, 3.05) is 0 Å². The molecule has 0 radical (unpaired) electrons. The lowest BCUT2D eigenvalue weighted by Crippen LogP contribution is -2.13. The molecule has 2 heterocycles. The minimum atomic E-state index is -3.61. The molecule has 0 aliphatic heterocycles. The number of pyridine rings is 1. The van der Waals surface area contributed by atoms with Crippen LogP contribution in [0.4, 0.5) is 0 Å². The van der Waals surface area contributed by atoms with Crippen LogP contribution in [-0.2, 0) is 15.6 Å². The minimum absolute atomic E-state index is 0.0796. The second-order valence-electron chi connectivity index (χ2n) is 5.37. The fraction of sp³-hybridized carbons (Fsp3) is 0.286. The van der Waals surface area contributed by atoms with E-state index in [1.807, 2.05) is 12.1 Å². The average molecular weight is 315 g/mol. The van der Waals surface area contributed by atoms with Crippen molar-refractivity contribution in [1.82, 2.24) is 25.2 Å². The van der Waals surface area contributed by atoms with Crippen LogP contribution in [0.3, 0.4) is 0 Å². The van der Waals surface area contributed by atoms with Crippen LogP contribution < -0.4 is 0 Å². The molecule has 1 saturated carbocycles. The zero-order chi connectivity index (χ0) is 15.2. The summed E-state index contributed by atoms with van der Waals surface area (Å²) in [5, 5.41) is 12.9. The summed E-state index contributed by atoms with van der Waals surface area (Å²) in [4.78, 5) is 4.08. The molecular weight excluding hydrogens is 302 g/mol. The molecule has 7 nitrogen and oxygen atoms in total. The first kappa shape index (κ1) is 13.3. The number of hydrogen-bond acceptors (Lipinski definition) is 6. The maximum absolute atomic E-state index is 12.7. The van der Waals surface area contributed by atoms with E-state index in [1.165, 1.54) is 6.20 Å². The van der Waals surface area contributed by atoms with Gasteiger partial charge in [-0.2, -0.15) is 0 Å². The molecule has 112 valence electrons. The molecule has 1 fully saturated rings. The highest BCUT2D eigenvalue weighted by atomic mass is 32.2. The van der Waals surface area contributed by atoms with E-state index in [0.717, 1.165) is 18.2 Å². The number of sulfone groups is 1. The Balaban J connectivity index is 1.78. The quantitative estimate of drug-likeness (QED) is 0.725. The van der Waals surface area contributed by atoms with E-state index in [4.69, 9.17) is 0 Å². The van der Waals surface area contributed by atoms with Crippen LogP contribution in [0.15, 0.2) is 41.6 Å². The minimum Gasteiger partial charge on any atom is -0.244 e. The van der Waals surface area contributed by atoms with E-state index in [0.29, 0.717) is 11.2 Å². The Morgan fingerprint density at radius 3 is 2.82 bits per heavy atom. The van der Waals surface area contributed by atoms with Crippen molar-refractivity contribution in [3.63, 3.8) is 0 Å². The summed E-state index contributed by atoms with van der Waals surface area (Å²) in [6.07, 6.45) is 3.49. The van der Waals surface area contributed by atoms with Gasteiger partial charge in [-0.25, -0.2) is 18.1 Å². The molecule has 8 heteroatoms. The molecule has 1 aliphatic rings. The third-order valence-electron chi connectivity index (χ3n) is 3.70. The van der Waals surface area contributed by atoms with Gasteiger partial charge in [0.1, 0.15) is 5.75 Å². The predicted molar refractivity (Wildman–Crippen MR) is 78.7 cm³/mol. The number of nitrogens with zero attached hydrogens (tertiary/aromatic N) is 5. The Bertz CT molecular complexity index is 941. The second-order valence-corrected chi connectivity index (χ2v) is 7.27. The van der Waals surface area contributed by atoms with Crippen LogP contribution >= 0.6 is 0 Å². The normalized spacial score (nSPS) is 15.3. The van der Waals surface area contributed by atoms with E-state index >= 15 is 0 Å². The maximum Gasteiger partial charge on any atom is 0.203 e. The van der Waals surface area contributed by atoms with Gasteiger partial charge < -0.3 is 0 Å². The molecule has 3 aromatic rings. The molecule has 4 rings (SSSR count). The fourth-order valence-corrected chi connectivity index (χ4v) is 3.90. The van der Waals surface area contributed by atoms with Crippen LogP contribution in [-0.4, -0.2) is 33.6 Å². The van der Waals surface area contributed by atoms with Crippen molar-refractivity contribution in [3.8, 4) is 0 Å². The van der Waals surface area contributed by atoms with E-state index in [-0.39, 0.29) is 16.8 Å². The van der Waals surface area contributed by atoms with Gasteiger partial charge in [0.25, 0.3) is 0 Å². The van der Waals surface area contributed by atoms with Crippen molar-refractivity contribution < 1.29 is 8.42 Å². The molecule has 0 bridgehead atoms. The number of fused-ring (bicyclic) bond motifs is 1. The third kappa shape index (κ3) is 2.25. The lowest BCUT2D eigenvalue weighted by atomic mass is 10.2. The molecule has 1 aliphatic carbocycles. The SMILES string of the molecule is O=S(=O)(Cc1nnnn1C1CC1)c1nccc2ccccc12. The summed E-state index contributed by atoms with van der Waals surface area (Å²) in [6.45, 7) is 0. The van der Waals surface area contributed by atoms with Gasteiger partial charge in [-0.05, 0) is 34.7 Å². The maximum atomic E-state index is 12.7. The van der Waals surface area contributed by atoms with Gasteiger partial charge in [-0.1, -0.05) is 24.3 Å². The summed E-state index contributed by atoms with van der Waals surface area (Å²) >= 11 is 0. The molecule has 1 aromatic carbocycles. The van der Waals surface area contributed by atoms with Gasteiger partial charge in [0.15, 0.2) is 10.9 Å². The van der Waals surface area contributed by atoms with Crippen LogP contribution in [0.25, 0.3) is 10.8 Å². The molecule has 2 aromatic heterocycles. The summed E-state index contributed by atoms with van der Waals surface area (Å²) < 4.78 is 27.1. The van der Waals surface area contributed by atoms with E-state index < -0.39 is 9.84 Å². The van der Waals surface area contributed by atoms with Crippen molar-refractivity contribution in [2.45, 2.75) is 29.7 Å². The Kier molecular flexibility index (Phi) is 2.93. The number of hydrogen-bond donors (Lipinski definition) is 0. The molecule has 0 amide bonds. The molecule has 0 saturated heterocycles. The van der Waals surface area contributed by atoms with Crippen molar-refractivity contribution in [1.29, 1.82) is 0 Å². The summed E-state index contributed by atoms with van der Waals surface area (Å²) in [7, 11) is -3.61. The van der Waals surface area contributed by atoms with E-state index in [2.05, 4.69) is 20.5 Å². The fourth-order valence-electron chi connectivity index (χ4n) is 2.49. The largest absolute Gasteiger partial charge is 0.244 e. The van der Waals surface area contributed by atoms with Crippen molar-refractivity contribution in [2.24, 2.45) is 0 Å². The van der Waals surface area contributed by atoms with Crippen LogP contribution in [0.2, 0.25) is 0 Å². The number of benzene rings is 1. The van der Waals surface area contributed by atoms with E-state index in [9.17, 15) is 8.42 Å². The van der Waals surface area contributed by atoms with Gasteiger partial charge in [0, 0.05) is 11.6 Å². The highest BCUT2D eigenvalue weighted by molar-refractivity contribution is 7.90. The van der Waals surface area contributed by atoms with Crippen LogP contribution in [0, 0.1) is 0 Å². The van der Waals surface area contributed by atoms with Gasteiger partial charge in [0.05, 0.1) is 6.04 Å². The molecule has 0 atom stereocenters. The van der Waals surface area contributed by atoms with Gasteiger partial charge in [0.2, 0.25) is 9.84 Å². The summed E-state index contributed by atoms with van der Waals surface area (Å²) in [6, 6.07) is 9.33. The smallest absolute Gasteiger partial charge is 0.203 e. The summed E-state index contributed by atoms with van der Waals surface area (Å²) in [5.74, 6) is 0.134. The molecule has 0 unspecified atom stereocenters. The monoisotopic (exact) mass is 315 g/mol. The topological polar surface area (TPSA) is 90.6 Å². The van der Waals surface area contributed by atoms with Crippen molar-refractivity contribution >= 4 is 20.6 Å². The Labute approximate surface area is 126 Å². The molecule has 0 N–H and O–H groups in total. The highest BCUT2D eigenvalue weighted by Crippen LogP contribution is 2.35. The number of tetrazole rings is 1. The second kappa shape index (κ2) is 4.84. The third-order valence-corrected chi connectivity index (χ3v) is 5.26. The molecular formula is C14H13N5O2S. The molecule has 22 heavy (non-hydrogen) atoms. The molecule has 0 spiro atoms. The number of rotatable bonds is 4. The average Bonchev–Trinajstić information content (AvgIpc) is 3.27. The lowest BCUT2D eigenvalue weighted by molar-refractivity contribution is 0.573. The zero-order valence-corrected chi connectivity index (χ0v) is 12.4. The van der Waals surface area contributed by atoms with E-state index in [1.54, 1.807) is 22.9 Å². The first-order valence-electron chi connectivity index (χ1n) is 6.98. The summed E-state index contributed by atoms with van der Waals surface area (Å²) in [5.41, 5.74) is 0. The van der Waals surface area contributed by atoms with Crippen LogP contribution in [0.1, 0.15) is 24.7 Å². The highest BCUT2D eigenvalue weighted by Gasteiger charge is 2.30. The van der Waals surface area contributed by atoms with Gasteiger partial charge in [-0.15, -0.1) is 5.10 Å². The van der Waals surface area contributed by atoms with Gasteiger partial charge in [-0.3, -0.25) is 0 Å². The first-order chi connectivity index (χ1) is 10.6. The first-order valence-corrected chi connectivity index (χ1v) is 8.64. The predicted octanol–water partition coefficient (Wildman–Crippen LogP) is 1.53. The van der Waals surface area contributed by atoms with Gasteiger partial charge >= 0.3 is 0 Å². The number of aromatic nitrogens is 5. The Hall–Kier alpha value is -2.35. The Morgan fingerprint density at radius 1 is 1.18 bits per heavy atom.